The van der Waals surface area contributed by atoms with Crippen LogP contribution in [0.1, 0.15) is 0 Å². The molecule has 2 amide bonds. The van der Waals surface area contributed by atoms with E-state index in [2.05, 4.69) is 15.5 Å². The normalized spacial score (nSPS) is 14.4. The number of hydrogen-bond donors (Lipinski definition) is 2. The van der Waals surface area contributed by atoms with Crippen LogP contribution < -0.4 is 15.4 Å². The van der Waals surface area contributed by atoms with Gasteiger partial charge in [-0.05, 0) is 48.5 Å². The highest BCUT2D eigenvalue weighted by Gasteiger charge is 2.14. The van der Waals surface area contributed by atoms with Crippen molar-refractivity contribution in [2.75, 3.05) is 50.6 Å². The standard InChI is InChI=1S/C23H26N4O4/c1-30-20-6-7-21-17(14-20)8-9-27(21)16-23(29)25-19-4-2-18(3-5-19)24-22(28)15-26-10-12-31-13-11-26/h2-9,14H,10-13,15-16H2,1H3,(H,24,28)(H,25,29). The average Bonchev–Trinajstić information content (AvgIpc) is 3.17. The summed E-state index contributed by atoms with van der Waals surface area (Å²) in [5.74, 6) is 0.596. The molecule has 0 radical (unpaired) electrons. The second kappa shape index (κ2) is 9.63. The van der Waals surface area contributed by atoms with Crippen LogP contribution in [0.2, 0.25) is 0 Å². The molecule has 8 heteroatoms. The van der Waals surface area contributed by atoms with Gasteiger partial charge in [0.1, 0.15) is 12.3 Å². The Balaban J connectivity index is 1.30. The predicted molar refractivity (Wildman–Crippen MR) is 119 cm³/mol. The molecule has 0 saturated carbocycles. The molecule has 1 fully saturated rings. The minimum Gasteiger partial charge on any atom is -0.497 e. The van der Waals surface area contributed by atoms with E-state index >= 15 is 0 Å². The lowest BCUT2D eigenvalue weighted by Crippen LogP contribution is -2.41. The highest BCUT2D eigenvalue weighted by molar-refractivity contribution is 5.94. The van der Waals surface area contributed by atoms with Gasteiger partial charge in [-0.15, -0.1) is 0 Å². The van der Waals surface area contributed by atoms with Gasteiger partial charge in [0.05, 0.1) is 26.9 Å². The van der Waals surface area contributed by atoms with Gasteiger partial charge in [-0.1, -0.05) is 0 Å². The number of anilines is 2. The van der Waals surface area contributed by atoms with Crippen LogP contribution in [0.3, 0.4) is 0 Å². The number of carbonyl (C=O) groups is 2. The molecule has 0 unspecified atom stereocenters. The first-order valence-corrected chi connectivity index (χ1v) is 10.2. The van der Waals surface area contributed by atoms with E-state index in [0.717, 1.165) is 29.7 Å². The summed E-state index contributed by atoms with van der Waals surface area (Å²) < 4.78 is 12.4. The van der Waals surface area contributed by atoms with Gasteiger partial charge in [0.2, 0.25) is 11.8 Å². The van der Waals surface area contributed by atoms with E-state index in [1.54, 1.807) is 31.4 Å². The lowest BCUT2D eigenvalue weighted by Gasteiger charge is -2.25. The number of hydrogen-bond acceptors (Lipinski definition) is 5. The van der Waals surface area contributed by atoms with E-state index in [1.807, 2.05) is 35.0 Å². The first kappa shape index (κ1) is 20.9. The fourth-order valence-electron chi connectivity index (χ4n) is 3.60. The summed E-state index contributed by atoms with van der Waals surface area (Å²) in [5.41, 5.74) is 2.34. The van der Waals surface area contributed by atoms with Gasteiger partial charge in [-0.2, -0.15) is 0 Å². The van der Waals surface area contributed by atoms with Crippen LogP contribution in [0.5, 0.6) is 5.75 Å². The molecule has 0 aliphatic carbocycles. The Morgan fingerprint density at radius 2 is 1.58 bits per heavy atom. The van der Waals surface area contributed by atoms with Crippen LogP contribution in [-0.4, -0.2) is 61.2 Å². The third kappa shape index (κ3) is 5.42. The number of carbonyl (C=O) groups excluding carboxylic acids is 2. The first-order chi connectivity index (χ1) is 15.1. The summed E-state index contributed by atoms with van der Waals surface area (Å²) in [5, 5.41) is 6.80. The monoisotopic (exact) mass is 422 g/mol. The minimum atomic E-state index is -0.127. The van der Waals surface area contributed by atoms with E-state index in [1.165, 1.54) is 0 Å². The van der Waals surface area contributed by atoms with Gasteiger partial charge in [-0.25, -0.2) is 0 Å². The maximum Gasteiger partial charge on any atom is 0.244 e. The summed E-state index contributed by atoms with van der Waals surface area (Å²) in [6.45, 7) is 3.40. The van der Waals surface area contributed by atoms with E-state index in [4.69, 9.17) is 9.47 Å². The number of ether oxygens (including phenoxy) is 2. The van der Waals surface area contributed by atoms with Crippen LogP contribution in [-0.2, 0) is 20.9 Å². The summed E-state index contributed by atoms with van der Waals surface area (Å²) in [7, 11) is 1.63. The molecule has 0 spiro atoms. The molecule has 8 nitrogen and oxygen atoms in total. The van der Waals surface area contributed by atoms with Crippen LogP contribution in [0.15, 0.2) is 54.7 Å². The minimum absolute atomic E-state index is 0.0604. The molecule has 0 bridgehead atoms. The topological polar surface area (TPSA) is 84.8 Å². The van der Waals surface area contributed by atoms with Crippen LogP contribution in [0.25, 0.3) is 10.9 Å². The number of nitrogens with one attached hydrogen (secondary N) is 2. The number of methoxy groups -OCH3 is 1. The van der Waals surface area contributed by atoms with Crippen LogP contribution in [0.4, 0.5) is 11.4 Å². The van der Waals surface area contributed by atoms with Gasteiger partial charge < -0.3 is 24.7 Å². The second-order valence-corrected chi connectivity index (χ2v) is 7.43. The molecular weight excluding hydrogens is 396 g/mol. The molecule has 2 heterocycles. The number of amides is 2. The molecule has 2 aromatic carbocycles. The van der Waals surface area contributed by atoms with E-state index in [0.29, 0.717) is 31.1 Å². The van der Waals surface area contributed by atoms with Crippen molar-refractivity contribution in [1.29, 1.82) is 0 Å². The summed E-state index contributed by atoms with van der Waals surface area (Å²) >= 11 is 0. The number of rotatable bonds is 7. The fourth-order valence-corrected chi connectivity index (χ4v) is 3.60. The second-order valence-electron chi connectivity index (χ2n) is 7.43. The molecule has 3 aromatic rings. The number of fused-ring (bicyclic) bond motifs is 1. The molecule has 4 rings (SSSR count). The van der Waals surface area contributed by atoms with Crippen molar-refractivity contribution in [3.63, 3.8) is 0 Å². The van der Waals surface area contributed by atoms with Gasteiger partial charge in [0.25, 0.3) is 0 Å². The zero-order valence-electron chi connectivity index (χ0n) is 17.5. The fraction of sp³-hybridized carbons (Fsp3) is 0.304. The summed E-state index contributed by atoms with van der Waals surface area (Å²) in [4.78, 5) is 26.7. The summed E-state index contributed by atoms with van der Waals surface area (Å²) in [6, 6.07) is 14.8. The molecule has 1 aromatic heterocycles. The maximum atomic E-state index is 12.5. The summed E-state index contributed by atoms with van der Waals surface area (Å²) in [6.07, 6.45) is 1.89. The van der Waals surface area contributed by atoms with Gasteiger partial charge in [0, 0.05) is 41.6 Å². The van der Waals surface area contributed by atoms with Crippen molar-refractivity contribution in [2.45, 2.75) is 6.54 Å². The zero-order chi connectivity index (χ0) is 21.6. The number of aromatic nitrogens is 1. The first-order valence-electron chi connectivity index (χ1n) is 10.2. The van der Waals surface area contributed by atoms with Gasteiger partial charge in [-0.3, -0.25) is 14.5 Å². The predicted octanol–water partition coefficient (Wildman–Crippen LogP) is 2.56. The Morgan fingerprint density at radius 1 is 0.935 bits per heavy atom. The Morgan fingerprint density at radius 3 is 2.23 bits per heavy atom. The molecule has 1 saturated heterocycles. The Labute approximate surface area is 180 Å². The quantitative estimate of drug-likeness (QED) is 0.611. The van der Waals surface area contributed by atoms with Crippen molar-refractivity contribution in [3.05, 3.63) is 54.7 Å². The highest BCUT2D eigenvalue weighted by atomic mass is 16.5. The Bertz CT molecular complexity index is 1060. The Hall–Kier alpha value is -3.36. The van der Waals surface area contributed by atoms with E-state index in [9.17, 15) is 9.59 Å². The zero-order valence-corrected chi connectivity index (χ0v) is 17.5. The van der Waals surface area contributed by atoms with Crippen LogP contribution in [0, 0.1) is 0 Å². The maximum absolute atomic E-state index is 12.5. The smallest absolute Gasteiger partial charge is 0.244 e. The van der Waals surface area contributed by atoms with E-state index < -0.39 is 0 Å². The van der Waals surface area contributed by atoms with Crippen molar-refractivity contribution in [2.24, 2.45) is 0 Å². The molecule has 1 aliphatic rings. The van der Waals surface area contributed by atoms with Crippen molar-refractivity contribution >= 4 is 34.1 Å². The van der Waals surface area contributed by atoms with Crippen molar-refractivity contribution in [1.82, 2.24) is 9.47 Å². The average molecular weight is 422 g/mol. The molecular formula is C23H26N4O4. The number of nitrogens with zero attached hydrogens (tertiary/aromatic N) is 2. The molecule has 31 heavy (non-hydrogen) atoms. The molecule has 162 valence electrons. The third-order valence-corrected chi connectivity index (χ3v) is 5.22. The molecule has 0 atom stereocenters. The number of morpholine rings is 1. The number of benzene rings is 2. The lowest BCUT2D eigenvalue weighted by atomic mass is 10.2. The largest absolute Gasteiger partial charge is 0.497 e. The Kier molecular flexibility index (Phi) is 6.49. The lowest BCUT2D eigenvalue weighted by molar-refractivity contribution is -0.118. The molecule has 2 N–H and O–H groups in total. The van der Waals surface area contributed by atoms with E-state index in [-0.39, 0.29) is 18.4 Å². The van der Waals surface area contributed by atoms with Gasteiger partial charge >= 0.3 is 0 Å². The van der Waals surface area contributed by atoms with Crippen molar-refractivity contribution in [3.8, 4) is 5.75 Å². The SMILES string of the molecule is COc1ccc2c(ccn2CC(=O)Nc2ccc(NC(=O)CN3CCOCC3)cc2)c1. The van der Waals surface area contributed by atoms with Crippen molar-refractivity contribution < 1.29 is 19.1 Å². The van der Waals surface area contributed by atoms with Gasteiger partial charge in [0.15, 0.2) is 0 Å². The third-order valence-electron chi connectivity index (χ3n) is 5.22. The highest BCUT2D eigenvalue weighted by Crippen LogP contribution is 2.22. The van der Waals surface area contributed by atoms with Crippen LogP contribution >= 0.6 is 0 Å². The molecule has 1 aliphatic heterocycles.